The normalized spacial score (nSPS) is 13.1. The molecule has 3 heterocycles. The third kappa shape index (κ3) is 4.74. The SMILES string of the molecule is c1cc(-c2cnc(-c3ccc(-n4c5ccccc5c5ccccc54)cc3)nc2)cc(-c2nc3ccccc3c3c4c(ccc23)C2(c3ccccc3-c3ccccc32)c2ccccc2-4)c1. The van der Waals surface area contributed by atoms with Gasteiger partial charge in [-0.05, 0) is 98.6 Å². The summed E-state index contributed by atoms with van der Waals surface area (Å²) in [6, 6.07) is 74.8. The largest absolute Gasteiger partial charge is 0.309 e. The first-order chi connectivity index (χ1) is 31.8. The van der Waals surface area contributed by atoms with Gasteiger partial charge >= 0.3 is 0 Å². The second-order valence-electron chi connectivity index (χ2n) is 17.1. The molecule has 0 bridgehead atoms. The number of aromatic nitrogens is 4. The van der Waals surface area contributed by atoms with Gasteiger partial charge in [0, 0.05) is 61.7 Å². The number of nitrogens with zero attached hydrogens (tertiary/aromatic N) is 4. The lowest BCUT2D eigenvalue weighted by molar-refractivity contribution is 0.794. The summed E-state index contributed by atoms with van der Waals surface area (Å²) in [7, 11) is 0. The van der Waals surface area contributed by atoms with Crippen molar-refractivity contribution in [2.45, 2.75) is 5.41 Å². The summed E-state index contributed by atoms with van der Waals surface area (Å²) >= 11 is 0. The van der Waals surface area contributed by atoms with Gasteiger partial charge < -0.3 is 4.57 Å². The number of fused-ring (bicyclic) bond motifs is 17. The van der Waals surface area contributed by atoms with Crippen LogP contribution in [0.3, 0.4) is 0 Å². The molecule has 0 N–H and O–H groups in total. The molecule has 0 fully saturated rings. The molecule has 296 valence electrons. The van der Waals surface area contributed by atoms with Crippen molar-refractivity contribution in [3.05, 3.63) is 241 Å². The van der Waals surface area contributed by atoms with Crippen LogP contribution in [0.2, 0.25) is 0 Å². The van der Waals surface area contributed by atoms with Crippen LogP contribution in [0.1, 0.15) is 22.3 Å². The molecule has 9 aromatic carbocycles. The number of hydrogen-bond donors (Lipinski definition) is 0. The van der Waals surface area contributed by atoms with Crippen LogP contribution in [-0.4, -0.2) is 19.5 Å². The van der Waals surface area contributed by atoms with E-state index in [1.807, 2.05) is 12.4 Å². The van der Waals surface area contributed by atoms with Crippen LogP contribution in [-0.2, 0) is 5.41 Å². The standard InChI is InChI=1S/C60H36N4/c1-7-22-49-42(16-1)43-17-2-8-23-50(43)60(49)51-24-9-3-20-46(51)57-52(60)33-32-48-56(57)47-21-4-10-25-53(47)63-58(48)39-15-13-14-38(34-39)40-35-61-59(62-36-40)37-28-30-41(31-29-37)64-54-26-11-5-18-44(54)45-19-6-12-27-55(45)64/h1-36H. The molecule has 0 saturated heterocycles. The molecule has 0 unspecified atom stereocenters. The minimum absolute atomic E-state index is 0.418. The third-order valence-corrected chi connectivity index (χ3v) is 13.9. The predicted molar refractivity (Wildman–Crippen MR) is 262 cm³/mol. The molecule has 3 aromatic heterocycles. The Morgan fingerprint density at radius 2 is 0.938 bits per heavy atom. The molecule has 12 aromatic rings. The minimum Gasteiger partial charge on any atom is -0.309 e. The van der Waals surface area contributed by atoms with Crippen molar-refractivity contribution in [3.8, 4) is 61.7 Å². The highest BCUT2D eigenvalue weighted by molar-refractivity contribution is 6.20. The van der Waals surface area contributed by atoms with Crippen LogP contribution in [0, 0.1) is 0 Å². The van der Waals surface area contributed by atoms with Gasteiger partial charge in [-0.3, -0.25) is 0 Å². The second-order valence-corrected chi connectivity index (χ2v) is 17.1. The monoisotopic (exact) mass is 812 g/mol. The van der Waals surface area contributed by atoms with Crippen molar-refractivity contribution in [1.29, 1.82) is 0 Å². The van der Waals surface area contributed by atoms with Crippen LogP contribution in [0.25, 0.3) is 105 Å². The molecular weight excluding hydrogens is 777 g/mol. The van der Waals surface area contributed by atoms with Gasteiger partial charge in [0.25, 0.3) is 0 Å². The molecule has 4 nitrogen and oxygen atoms in total. The molecule has 0 aliphatic heterocycles. The highest BCUT2D eigenvalue weighted by atomic mass is 15.0. The summed E-state index contributed by atoms with van der Waals surface area (Å²) in [5.41, 5.74) is 19.6. The zero-order valence-corrected chi connectivity index (χ0v) is 34.6. The smallest absolute Gasteiger partial charge is 0.159 e. The molecule has 1 spiro atoms. The molecular formula is C60H36N4. The Hall–Kier alpha value is -8.47. The van der Waals surface area contributed by atoms with E-state index in [4.69, 9.17) is 15.0 Å². The Balaban J connectivity index is 0.877. The summed E-state index contributed by atoms with van der Waals surface area (Å²) in [6.07, 6.45) is 3.88. The first-order valence-electron chi connectivity index (χ1n) is 21.9. The van der Waals surface area contributed by atoms with Crippen LogP contribution in [0.5, 0.6) is 0 Å². The van der Waals surface area contributed by atoms with Crippen LogP contribution < -0.4 is 0 Å². The van der Waals surface area contributed by atoms with Gasteiger partial charge in [0.2, 0.25) is 0 Å². The Labute approximate surface area is 369 Å². The molecule has 0 atom stereocenters. The quantitative estimate of drug-likeness (QED) is 0.166. The number of pyridine rings is 1. The topological polar surface area (TPSA) is 43.6 Å². The van der Waals surface area contributed by atoms with Crippen LogP contribution in [0.15, 0.2) is 219 Å². The van der Waals surface area contributed by atoms with E-state index in [0.717, 1.165) is 49.9 Å². The first kappa shape index (κ1) is 35.2. The van der Waals surface area contributed by atoms with Crippen molar-refractivity contribution in [3.63, 3.8) is 0 Å². The van der Waals surface area contributed by atoms with Gasteiger partial charge in [-0.1, -0.05) is 158 Å². The number of para-hydroxylation sites is 3. The zero-order valence-electron chi connectivity index (χ0n) is 34.6. The Morgan fingerprint density at radius 3 is 1.62 bits per heavy atom. The lowest BCUT2D eigenvalue weighted by Gasteiger charge is -2.30. The Kier molecular flexibility index (Phi) is 7.29. The van der Waals surface area contributed by atoms with E-state index < -0.39 is 5.41 Å². The molecule has 14 rings (SSSR count). The molecule has 2 aliphatic carbocycles. The molecule has 0 amide bonds. The number of benzene rings is 9. The fraction of sp³-hybridized carbons (Fsp3) is 0.0167. The first-order valence-corrected chi connectivity index (χ1v) is 21.9. The zero-order chi connectivity index (χ0) is 41.9. The Morgan fingerprint density at radius 1 is 0.375 bits per heavy atom. The van der Waals surface area contributed by atoms with E-state index >= 15 is 0 Å². The van der Waals surface area contributed by atoms with Gasteiger partial charge in [0.1, 0.15) is 0 Å². The summed E-state index contributed by atoms with van der Waals surface area (Å²) in [5.74, 6) is 0.690. The Bertz CT molecular complexity index is 3800. The summed E-state index contributed by atoms with van der Waals surface area (Å²) in [6.45, 7) is 0. The van der Waals surface area contributed by atoms with E-state index in [-0.39, 0.29) is 0 Å². The van der Waals surface area contributed by atoms with Crippen molar-refractivity contribution in [1.82, 2.24) is 19.5 Å². The van der Waals surface area contributed by atoms with Crippen LogP contribution in [0.4, 0.5) is 0 Å². The van der Waals surface area contributed by atoms with E-state index in [2.05, 4.69) is 211 Å². The summed E-state index contributed by atoms with van der Waals surface area (Å²) < 4.78 is 2.33. The maximum absolute atomic E-state index is 5.43. The summed E-state index contributed by atoms with van der Waals surface area (Å²) in [5, 5.41) is 6.04. The van der Waals surface area contributed by atoms with Crippen LogP contribution >= 0.6 is 0 Å². The third-order valence-electron chi connectivity index (χ3n) is 13.9. The average molecular weight is 813 g/mol. The highest BCUT2D eigenvalue weighted by Crippen LogP contribution is 2.64. The fourth-order valence-electron chi connectivity index (χ4n) is 11.3. The average Bonchev–Trinajstić information content (AvgIpc) is 3.98. The van der Waals surface area contributed by atoms with Crippen molar-refractivity contribution in [2.24, 2.45) is 0 Å². The molecule has 0 radical (unpaired) electrons. The van der Waals surface area contributed by atoms with Gasteiger partial charge in [-0.2, -0.15) is 0 Å². The van der Waals surface area contributed by atoms with E-state index in [1.54, 1.807) is 0 Å². The van der Waals surface area contributed by atoms with Crippen molar-refractivity contribution >= 4 is 43.5 Å². The van der Waals surface area contributed by atoms with E-state index in [9.17, 15) is 0 Å². The molecule has 4 heteroatoms. The lowest BCUT2D eigenvalue weighted by atomic mass is 9.70. The number of hydrogen-bond acceptors (Lipinski definition) is 3. The minimum atomic E-state index is -0.418. The van der Waals surface area contributed by atoms with Crippen molar-refractivity contribution < 1.29 is 0 Å². The van der Waals surface area contributed by atoms with Crippen molar-refractivity contribution in [2.75, 3.05) is 0 Å². The van der Waals surface area contributed by atoms with Gasteiger partial charge in [-0.15, -0.1) is 0 Å². The molecule has 64 heavy (non-hydrogen) atoms. The second kappa shape index (κ2) is 13.3. The molecule has 0 saturated carbocycles. The van der Waals surface area contributed by atoms with E-state index in [0.29, 0.717) is 5.82 Å². The predicted octanol–water partition coefficient (Wildman–Crippen LogP) is 14.6. The van der Waals surface area contributed by atoms with Gasteiger partial charge in [0.15, 0.2) is 5.82 Å². The maximum atomic E-state index is 5.43. The van der Waals surface area contributed by atoms with Gasteiger partial charge in [-0.25, -0.2) is 15.0 Å². The maximum Gasteiger partial charge on any atom is 0.159 e. The summed E-state index contributed by atoms with van der Waals surface area (Å²) in [4.78, 5) is 15.2. The lowest BCUT2D eigenvalue weighted by Crippen LogP contribution is -2.25. The van der Waals surface area contributed by atoms with E-state index in [1.165, 1.54) is 71.7 Å². The van der Waals surface area contributed by atoms with Gasteiger partial charge in [0.05, 0.1) is 27.7 Å². The number of rotatable bonds is 4. The highest BCUT2D eigenvalue weighted by Gasteiger charge is 2.52. The fourth-order valence-corrected chi connectivity index (χ4v) is 11.3. The molecule has 2 aliphatic rings.